The molecule has 29 heavy (non-hydrogen) atoms. The SMILES string of the molecule is CCc1cc2c(CSc3nnc(-c4ccccc4Cl)n3N)cc(=O)oc2cc1O. The third-order valence-corrected chi connectivity index (χ3v) is 5.87. The molecule has 4 aromatic rings. The first-order valence-corrected chi connectivity index (χ1v) is 10.2. The van der Waals surface area contributed by atoms with Crippen molar-refractivity contribution in [3.63, 3.8) is 0 Å². The van der Waals surface area contributed by atoms with Crippen LogP contribution in [0.2, 0.25) is 5.02 Å². The van der Waals surface area contributed by atoms with Gasteiger partial charge in [0.2, 0.25) is 5.16 Å². The number of halogens is 1. The Bertz CT molecular complexity index is 1270. The smallest absolute Gasteiger partial charge is 0.336 e. The third kappa shape index (κ3) is 3.68. The minimum absolute atomic E-state index is 0.110. The molecule has 2 aromatic carbocycles. The second kappa shape index (κ2) is 7.81. The van der Waals surface area contributed by atoms with Crippen molar-refractivity contribution in [3.8, 4) is 17.1 Å². The van der Waals surface area contributed by atoms with E-state index in [2.05, 4.69) is 10.2 Å². The highest BCUT2D eigenvalue weighted by Gasteiger charge is 2.16. The van der Waals surface area contributed by atoms with Gasteiger partial charge in [-0.3, -0.25) is 0 Å². The molecule has 3 N–H and O–H groups in total. The number of aromatic nitrogens is 3. The minimum Gasteiger partial charge on any atom is -0.508 e. The second-order valence-corrected chi connectivity index (χ2v) is 7.72. The van der Waals surface area contributed by atoms with Crippen LogP contribution in [0.3, 0.4) is 0 Å². The van der Waals surface area contributed by atoms with Crippen molar-refractivity contribution < 1.29 is 9.52 Å². The lowest BCUT2D eigenvalue weighted by atomic mass is 10.1. The number of benzene rings is 2. The number of hydrogen-bond acceptors (Lipinski definition) is 7. The molecule has 0 bridgehead atoms. The first kappa shape index (κ1) is 19.4. The van der Waals surface area contributed by atoms with Crippen LogP contribution in [-0.2, 0) is 12.2 Å². The van der Waals surface area contributed by atoms with Crippen LogP contribution in [0.4, 0.5) is 0 Å². The van der Waals surface area contributed by atoms with Crippen molar-refractivity contribution in [1.29, 1.82) is 0 Å². The molecule has 0 aliphatic carbocycles. The van der Waals surface area contributed by atoms with Gasteiger partial charge >= 0.3 is 5.63 Å². The predicted octanol–water partition coefficient (Wildman–Crippen LogP) is 3.98. The van der Waals surface area contributed by atoms with Gasteiger partial charge in [-0.25, -0.2) is 9.47 Å². The number of nitrogen functional groups attached to an aromatic ring is 1. The van der Waals surface area contributed by atoms with Gasteiger partial charge in [0.05, 0.1) is 5.02 Å². The Morgan fingerprint density at radius 1 is 1.21 bits per heavy atom. The lowest BCUT2D eigenvalue weighted by Crippen LogP contribution is -2.11. The summed E-state index contributed by atoms with van der Waals surface area (Å²) in [6, 6.07) is 12.0. The number of rotatable bonds is 5. The van der Waals surface area contributed by atoms with E-state index in [1.807, 2.05) is 31.2 Å². The van der Waals surface area contributed by atoms with Crippen molar-refractivity contribution in [3.05, 3.63) is 69.0 Å². The molecule has 0 spiro atoms. The van der Waals surface area contributed by atoms with Crippen LogP contribution < -0.4 is 11.5 Å². The molecule has 0 saturated carbocycles. The number of fused-ring (bicyclic) bond motifs is 1. The zero-order chi connectivity index (χ0) is 20.5. The molecule has 0 atom stereocenters. The highest BCUT2D eigenvalue weighted by atomic mass is 35.5. The number of thioether (sulfide) groups is 1. The molecular formula is C20H17ClN4O3S. The van der Waals surface area contributed by atoms with Gasteiger partial charge in [0, 0.05) is 28.8 Å². The fourth-order valence-electron chi connectivity index (χ4n) is 3.05. The Morgan fingerprint density at radius 2 is 2.00 bits per heavy atom. The molecule has 4 rings (SSSR count). The van der Waals surface area contributed by atoms with Crippen LogP contribution in [0, 0.1) is 0 Å². The molecule has 2 aromatic heterocycles. The predicted molar refractivity (Wildman–Crippen MR) is 114 cm³/mol. The highest BCUT2D eigenvalue weighted by Crippen LogP contribution is 2.32. The third-order valence-electron chi connectivity index (χ3n) is 4.55. The Balaban J connectivity index is 1.67. The number of aromatic hydroxyl groups is 1. The minimum atomic E-state index is -0.484. The largest absolute Gasteiger partial charge is 0.508 e. The molecule has 9 heteroatoms. The number of nitrogens with two attached hydrogens (primary N) is 1. The van der Waals surface area contributed by atoms with Crippen molar-refractivity contribution >= 4 is 34.3 Å². The van der Waals surface area contributed by atoms with Gasteiger partial charge in [-0.05, 0) is 35.7 Å². The van der Waals surface area contributed by atoms with E-state index in [-0.39, 0.29) is 5.75 Å². The Hall–Kier alpha value is -2.97. The lowest BCUT2D eigenvalue weighted by Gasteiger charge is -2.09. The maximum absolute atomic E-state index is 11.9. The molecule has 0 aliphatic heterocycles. The normalized spacial score (nSPS) is 11.2. The summed E-state index contributed by atoms with van der Waals surface area (Å²) < 4.78 is 6.61. The van der Waals surface area contributed by atoms with E-state index in [1.54, 1.807) is 6.07 Å². The average Bonchev–Trinajstić information content (AvgIpc) is 3.06. The number of nitrogens with zero attached hydrogens (tertiary/aromatic N) is 3. The highest BCUT2D eigenvalue weighted by molar-refractivity contribution is 7.98. The van der Waals surface area contributed by atoms with E-state index in [4.69, 9.17) is 21.9 Å². The van der Waals surface area contributed by atoms with E-state index in [0.29, 0.717) is 39.3 Å². The summed E-state index contributed by atoms with van der Waals surface area (Å²) in [5.41, 5.74) is 2.08. The fraction of sp³-hybridized carbons (Fsp3) is 0.150. The van der Waals surface area contributed by atoms with Crippen molar-refractivity contribution in [2.75, 3.05) is 5.84 Å². The maximum atomic E-state index is 11.9. The average molecular weight is 429 g/mol. The van der Waals surface area contributed by atoms with E-state index < -0.39 is 5.63 Å². The molecule has 0 radical (unpaired) electrons. The monoisotopic (exact) mass is 428 g/mol. The van der Waals surface area contributed by atoms with Crippen LogP contribution in [0.25, 0.3) is 22.4 Å². The Morgan fingerprint density at radius 3 is 2.76 bits per heavy atom. The van der Waals surface area contributed by atoms with Crippen molar-refractivity contribution in [2.24, 2.45) is 0 Å². The molecule has 0 aliphatic rings. The molecule has 0 fully saturated rings. The van der Waals surface area contributed by atoms with Gasteiger partial charge in [-0.15, -0.1) is 10.2 Å². The Kier molecular flexibility index (Phi) is 5.21. The second-order valence-electron chi connectivity index (χ2n) is 6.37. The van der Waals surface area contributed by atoms with Crippen molar-refractivity contribution in [1.82, 2.24) is 14.9 Å². The first-order chi connectivity index (χ1) is 14.0. The number of phenolic OH excluding ortho intramolecular Hbond substituents is 1. The summed E-state index contributed by atoms with van der Waals surface area (Å²) in [5, 5.41) is 20.1. The molecule has 0 amide bonds. The standard InChI is InChI=1S/C20H17ClN4O3S/c1-2-11-7-14-12(8-18(27)28-17(14)9-16(11)26)10-29-20-24-23-19(25(20)22)13-5-3-4-6-15(13)21/h3-9,26H,2,10,22H2,1H3. The van der Waals surface area contributed by atoms with Crippen molar-refractivity contribution in [2.45, 2.75) is 24.3 Å². The molecule has 2 heterocycles. The zero-order valence-electron chi connectivity index (χ0n) is 15.4. The molecule has 0 unspecified atom stereocenters. The molecular weight excluding hydrogens is 412 g/mol. The summed E-state index contributed by atoms with van der Waals surface area (Å²) in [7, 11) is 0. The van der Waals surface area contributed by atoms with Crippen LogP contribution in [0.5, 0.6) is 5.75 Å². The Labute approximate surface area is 175 Å². The van der Waals surface area contributed by atoms with Gasteiger partial charge in [-0.2, -0.15) is 0 Å². The number of phenols is 1. The molecule has 0 saturated heterocycles. The van der Waals surface area contributed by atoms with Crippen LogP contribution in [0.15, 0.2) is 56.8 Å². The first-order valence-electron chi connectivity index (χ1n) is 8.84. The van der Waals surface area contributed by atoms with Gasteiger partial charge in [0.15, 0.2) is 5.82 Å². The van der Waals surface area contributed by atoms with E-state index in [0.717, 1.165) is 16.5 Å². The summed E-state index contributed by atoms with van der Waals surface area (Å²) >= 11 is 7.57. The van der Waals surface area contributed by atoms with Gasteiger partial charge in [0.25, 0.3) is 0 Å². The van der Waals surface area contributed by atoms with Crippen LogP contribution in [-0.4, -0.2) is 20.0 Å². The quantitative estimate of drug-likeness (QED) is 0.281. The van der Waals surface area contributed by atoms with E-state index in [9.17, 15) is 9.90 Å². The summed E-state index contributed by atoms with van der Waals surface area (Å²) in [5.74, 6) is 7.16. The maximum Gasteiger partial charge on any atom is 0.336 e. The fourth-order valence-corrected chi connectivity index (χ4v) is 4.12. The zero-order valence-corrected chi connectivity index (χ0v) is 17.0. The summed E-state index contributed by atoms with van der Waals surface area (Å²) in [6.07, 6.45) is 0.659. The molecule has 7 nitrogen and oxygen atoms in total. The van der Waals surface area contributed by atoms with E-state index in [1.165, 1.54) is 28.6 Å². The van der Waals surface area contributed by atoms with Crippen LogP contribution in [0.1, 0.15) is 18.1 Å². The van der Waals surface area contributed by atoms with E-state index >= 15 is 0 Å². The summed E-state index contributed by atoms with van der Waals surface area (Å²) in [4.78, 5) is 11.9. The molecule has 148 valence electrons. The lowest BCUT2D eigenvalue weighted by molar-refractivity contribution is 0.466. The topological polar surface area (TPSA) is 107 Å². The number of hydrogen-bond donors (Lipinski definition) is 2. The summed E-state index contributed by atoms with van der Waals surface area (Å²) in [6.45, 7) is 1.95. The number of aryl methyl sites for hydroxylation is 1. The van der Waals surface area contributed by atoms with Gasteiger partial charge < -0.3 is 15.4 Å². The van der Waals surface area contributed by atoms with Gasteiger partial charge in [-0.1, -0.05) is 42.4 Å². The van der Waals surface area contributed by atoms with Gasteiger partial charge in [0.1, 0.15) is 11.3 Å². The van der Waals surface area contributed by atoms with Crippen LogP contribution >= 0.6 is 23.4 Å².